The van der Waals surface area contributed by atoms with Crippen molar-refractivity contribution < 1.29 is 29.0 Å². The first-order valence-corrected chi connectivity index (χ1v) is 26.0. The molecule has 3 aromatic heterocycles. The van der Waals surface area contributed by atoms with Crippen LogP contribution in [0.1, 0.15) is 101 Å². The molecule has 0 radical (unpaired) electrons. The van der Waals surface area contributed by atoms with Crippen LogP contribution in [0.5, 0.6) is 5.75 Å². The number of nitrogens with one attached hydrogen (secondary N) is 3. The van der Waals surface area contributed by atoms with E-state index in [1.165, 1.54) is 4.90 Å². The van der Waals surface area contributed by atoms with E-state index in [9.17, 15) is 29.5 Å². The summed E-state index contributed by atoms with van der Waals surface area (Å²) in [5.74, 6) is 0.681. The molecule has 2 aromatic carbocycles. The Morgan fingerprint density at radius 1 is 0.918 bits per heavy atom. The van der Waals surface area contributed by atoms with E-state index in [0.29, 0.717) is 48.1 Å². The first kappa shape index (κ1) is 52.7. The Bertz CT molecular complexity index is 2870. The lowest BCUT2D eigenvalue weighted by Gasteiger charge is -2.63. The third-order valence-corrected chi connectivity index (χ3v) is 15.9. The Hall–Kier alpha value is -6.61. The molecule has 8 rings (SSSR count). The lowest BCUT2D eigenvalue weighted by Crippen LogP contribution is -2.74. The van der Waals surface area contributed by atoms with Gasteiger partial charge in [0.1, 0.15) is 41.6 Å². The molecule has 0 spiro atoms. The summed E-state index contributed by atoms with van der Waals surface area (Å²) >= 11 is 7.84. The van der Waals surface area contributed by atoms with Crippen LogP contribution in [-0.2, 0) is 20.8 Å². The third-order valence-electron chi connectivity index (χ3n) is 14.6. The largest absolute Gasteiger partial charge is 0.489 e. The van der Waals surface area contributed by atoms with E-state index in [1.54, 1.807) is 54.1 Å². The average Bonchev–Trinajstić information content (AvgIpc) is 3.98. The normalized spacial score (nSPS) is 21.0. The number of nitrogens with zero attached hydrogens (tertiary/aromatic N) is 7. The van der Waals surface area contributed by atoms with Gasteiger partial charge in [0.05, 0.1) is 50.8 Å². The lowest BCUT2D eigenvalue weighted by molar-refractivity contribution is -0.164. The smallest absolute Gasteiger partial charge is 0.253 e. The average molecular weight is 1030 g/mol. The van der Waals surface area contributed by atoms with E-state index in [0.717, 1.165) is 38.9 Å². The van der Waals surface area contributed by atoms with Crippen LogP contribution in [0, 0.1) is 34.5 Å². The van der Waals surface area contributed by atoms with Crippen molar-refractivity contribution in [2.24, 2.45) is 16.2 Å². The fourth-order valence-corrected chi connectivity index (χ4v) is 11.9. The summed E-state index contributed by atoms with van der Waals surface area (Å²) < 4.78 is 6.38. The van der Waals surface area contributed by atoms with E-state index < -0.39 is 40.3 Å². The number of hydrogen-bond donors (Lipinski definition) is 4. The number of aliphatic hydroxyl groups is 1. The van der Waals surface area contributed by atoms with Crippen molar-refractivity contribution in [2.45, 2.75) is 112 Å². The monoisotopic (exact) mass is 1030 g/mol. The van der Waals surface area contributed by atoms with Gasteiger partial charge >= 0.3 is 0 Å². The standard InChI is InChI=1S/C55H65ClN10O6S/c1-32(35-10-12-36(13-11-35)46-33(2)60-31-73-46)61-49(70)42-26-39(67)30-66(42)50(71)47(53(3,4)5)62-45(68)25-34-18-19-58-44(24-34)65-22-20-64(21-23-65)43-17-15-38(29-59-43)48(69)63-51-54(6,7)52(55(51,8)9)72-40-16-14-37(28-57)41(56)27-40/h10-19,24,27,29,31-32,39,42,47,51-52,67H,20-23,25-26,30H2,1-9H3,(H,61,70)(H,62,68)(H,63,69)/t32-,39+,42-,47?,51?,52?/m0/s1. The van der Waals surface area contributed by atoms with Crippen LogP contribution in [0.3, 0.4) is 0 Å². The molecule has 16 nitrogen and oxygen atoms in total. The molecule has 2 aliphatic heterocycles. The number of rotatable bonds is 14. The van der Waals surface area contributed by atoms with Gasteiger partial charge in [-0.15, -0.1) is 11.3 Å². The topological polar surface area (TPSA) is 206 Å². The maximum absolute atomic E-state index is 14.3. The minimum atomic E-state index is -0.968. The number of aliphatic hydroxyl groups excluding tert-OH is 1. The van der Waals surface area contributed by atoms with Crippen LogP contribution in [-0.4, -0.2) is 112 Å². The van der Waals surface area contributed by atoms with Gasteiger partial charge in [-0.05, 0) is 72.4 Å². The zero-order chi connectivity index (χ0) is 52.6. The van der Waals surface area contributed by atoms with E-state index in [1.807, 2.05) is 76.5 Å². The minimum absolute atomic E-state index is 0.00260. The molecule has 3 fully saturated rings. The number of carbonyl (C=O) groups excluding carboxylic acids is 4. The Labute approximate surface area is 436 Å². The van der Waals surface area contributed by atoms with Crippen molar-refractivity contribution in [2.75, 3.05) is 42.5 Å². The number of likely N-dealkylation sites (tertiary alicyclic amines) is 1. The highest BCUT2D eigenvalue weighted by Gasteiger charge is 2.64. The van der Waals surface area contributed by atoms with Gasteiger partial charge in [-0.1, -0.05) is 84.3 Å². The molecule has 2 saturated heterocycles. The van der Waals surface area contributed by atoms with Crippen LogP contribution in [0.4, 0.5) is 11.6 Å². The first-order chi connectivity index (χ1) is 34.5. The van der Waals surface area contributed by atoms with Crippen LogP contribution in [0.15, 0.2) is 84.6 Å². The number of piperazine rings is 1. The number of aryl methyl sites for hydroxylation is 1. The highest BCUT2D eigenvalue weighted by atomic mass is 35.5. The van der Waals surface area contributed by atoms with Gasteiger partial charge in [0, 0.05) is 74.5 Å². The summed E-state index contributed by atoms with van der Waals surface area (Å²) in [6, 6.07) is 20.0. The van der Waals surface area contributed by atoms with Crippen molar-refractivity contribution in [3.8, 4) is 22.3 Å². The van der Waals surface area contributed by atoms with Crippen LogP contribution in [0.25, 0.3) is 10.4 Å². The first-order valence-electron chi connectivity index (χ1n) is 24.7. The number of nitriles is 1. The summed E-state index contributed by atoms with van der Waals surface area (Å²) in [7, 11) is 0. The Balaban J connectivity index is 0.826. The molecule has 0 bridgehead atoms. The molecule has 1 aliphatic carbocycles. The van der Waals surface area contributed by atoms with E-state index in [4.69, 9.17) is 16.3 Å². The van der Waals surface area contributed by atoms with E-state index >= 15 is 0 Å². The van der Waals surface area contributed by atoms with Gasteiger partial charge in [0.25, 0.3) is 5.91 Å². The number of β-amino-alcohol motifs (C(OH)–C–C–N with tert-alkyl or cyclic N) is 1. The second-order valence-electron chi connectivity index (χ2n) is 21.8. The summed E-state index contributed by atoms with van der Waals surface area (Å²) in [5, 5.41) is 29.6. The molecular formula is C55H65ClN10O6S. The number of carbonyl (C=O) groups is 4. The molecule has 5 heterocycles. The predicted octanol–water partition coefficient (Wildman–Crippen LogP) is 7.28. The summed E-state index contributed by atoms with van der Waals surface area (Å²) in [5.41, 5.74) is 4.75. The number of ether oxygens (including phenoxy) is 1. The van der Waals surface area contributed by atoms with Crippen LogP contribution < -0.4 is 30.5 Å². The molecule has 73 heavy (non-hydrogen) atoms. The second kappa shape index (κ2) is 21.1. The number of amides is 4. The summed E-state index contributed by atoms with van der Waals surface area (Å²) in [6.45, 7) is 20.3. The summed E-state index contributed by atoms with van der Waals surface area (Å²) in [6.07, 6.45) is 2.26. The number of pyridine rings is 2. The zero-order valence-electron chi connectivity index (χ0n) is 42.9. The maximum Gasteiger partial charge on any atom is 0.253 e. The van der Waals surface area contributed by atoms with Gasteiger partial charge < -0.3 is 40.5 Å². The zero-order valence-corrected chi connectivity index (χ0v) is 44.5. The Morgan fingerprint density at radius 3 is 2.21 bits per heavy atom. The van der Waals surface area contributed by atoms with Crippen molar-refractivity contribution in [3.05, 3.63) is 118 Å². The maximum atomic E-state index is 14.3. The van der Waals surface area contributed by atoms with Crippen LogP contribution >= 0.6 is 22.9 Å². The van der Waals surface area contributed by atoms with Crippen molar-refractivity contribution >= 4 is 58.2 Å². The minimum Gasteiger partial charge on any atom is -0.489 e. The number of thiazole rings is 1. The Kier molecular flexibility index (Phi) is 15.2. The van der Waals surface area contributed by atoms with Gasteiger partial charge in [-0.25, -0.2) is 15.0 Å². The number of hydrogen-bond acceptors (Lipinski definition) is 13. The van der Waals surface area contributed by atoms with Crippen molar-refractivity contribution in [1.29, 1.82) is 5.26 Å². The van der Waals surface area contributed by atoms with Gasteiger partial charge in [-0.2, -0.15) is 5.26 Å². The quantitative estimate of drug-likeness (QED) is 0.0866. The molecule has 4 atom stereocenters. The van der Waals surface area contributed by atoms with E-state index in [-0.39, 0.29) is 55.3 Å². The molecule has 3 aliphatic rings. The highest BCUT2D eigenvalue weighted by Crippen LogP contribution is 2.55. The number of anilines is 2. The predicted molar refractivity (Wildman–Crippen MR) is 282 cm³/mol. The fraction of sp³-hybridized carbons (Fsp3) is 0.455. The SMILES string of the molecule is Cc1ncsc1-c1ccc([C@H](C)NC(=O)[C@@H]2C[C@@H](O)CN2C(=O)C(NC(=O)Cc2ccnc(N3CCN(c4ccc(C(=O)NC5C(C)(C)C(Oc6ccc(C#N)c(Cl)c6)C5(C)C)cn4)CC3)c2)C(C)(C)C)cc1. The second-order valence-corrected chi connectivity index (χ2v) is 23.0. The third kappa shape index (κ3) is 11.3. The summed E-state index contributed by atoms with van der Waals surface area (Å²) in [4.78, 5) is 76.0. The lowest BCUT2D eigenvalue weighted by atomic mass is 9.49. The molecule has 4 N–H and O–H groups in total. The van der Waals surface area contributed by atoms with Gasteiger partial charge in [0.15, 0.2) is 0 Å². The molecular weight excluding hydrogens is 964 g/mol. The molecule has 1 saturated carbocycles. The van der Waals surface area contributed by atoms with Crippen molar-refractivity contribution in [1.82, 2.24) is 35.8 Å². The molecule has 4 amide bonds. The van der Waals surface area contributed by atoms with Gasteiger partial charge in [-0.3, -0.25) is 19.2 Å². The number of aromatic nitrogens is 3. The molecule has 384 valence electrons. The molecule has 18 heteroatoms. The van der Waals surface area contributed by atoms with Crippen molar-refractivity contribution in [3.63, 3.8) is 0 Å². The van der Waals surface area contributed by atoms with E-state index in [2.05, 4.69) is 74.5 Å². The number of benzene rings is 2. The molecule has 1 unspecified atom stereocenters. The highest BCUT2D eigenvalue weighted by molar-refractivity contribution is 7.13. The molecule has 5 aromatic rings. The van der Waals surface area contributed by atoms with Crippen LogP contribution in [0.2, 0.25) is 5.02 Å². The number of halogens is 1. The Morgan fingerprint density at radius 2 is 1.60 bits per heavy atom. The van der Waals surface area contributed by atoms with Gasteiger partial charge in [0.2, 0.25) is 17.7 Å². The fourth-order valence-electron chi connectivity index (χ4n) is 10.8.